The number of oxime groups is 1. The molecule has 0 spiro atoms. The molecule has 0 fully saturated rings. The van der Waals surface area contributed by atoms with Crippen LogP contribution in [0, 0.1) is 0 Å². The fourth-order valence-electron chi connectivity index (χ4n) is 1.01. The average molecular weight is 315 g/mol. The Labute approximate surface area is 121 Å². The number of hydrogen-bond acceptors (Lipinski definition) is 7. The highest BCUT2D eigenvalue weighted by molar-refractivity contribution is 8.15. The van der Waals surface area contributed by atoms with Crippen LogP contribution in [-0.2, 0) is 23.9 Å². The van der Waals surface area contributed by atoms with Crippen LogP contribution in [0.15, 0.2) is 52.4 Å². The van der Waals surface area contributed by atoms with E-state index in [0.717, 1.165) is 11.8 Å². The smallest absolute Gasteiger partial charge is 0.367 e. The van der Waals surface area contributed by atoms with E-state index in [1.54, 1.807) is 31.2 Å². The van der Waals surface area contributed by atoms with E-state index in [-0.39, 0.29) is 11.7 Å². The molecule has 1 rings (SSSR count). The van der Waals surface area contributed by atoms with Crippen LogP contribution in [0.5, 0.6) is 0 Å². The highest BCUT2D eigenvalue weighted by Crippen LogP contribution is 2.20. The molecule has 108 valence electrons. The van der Waals surface area contributed by atoms with Crippen molar-refractivity contribution in [3.05, 3.63) is 42.3 Å². The molecule has 20 heavy (non-hydrogen) atoms. The summed E-state index contributed by atoms with van der Waals surface area (Å²) in [4.78, 5) is 12.4. The Bertz CT molecular complexity index is 596. The summed E-state index contributed by atoms with van der Waals surface area (Å²) in [6.45, 7) is 4.84. The summed E-state index contributed by atoms with van der Waals surface area (Å²) in [5.41, 5.74) is 0. The van der Waals surface area contributed by atoms with E-state index < -0.39 is 16.1 Å². The molecule has 0 saturated carbocycles. The van der Waals surface area contributed by atoms with Gasteiger partial charge in [-0.1, -0.05) is 41.7 Å². The van der Waals surface area contributed by atoms with Gasteiger partial charge in [-0.05, 0) is 19.1 Å². The summed E-state index contributed by atoms with van der Waals surface area (Å²) >= 11 is 0.940. The second-order valence-corrected chi connectivity index (χ2v) is 5.80. The van der Waals surface area contributed by atoms with E-state index in [9.17, 15) is 13.2 Å². The number of carbonyl (C=O) groups is 1. The summed E-state index contributed by atoms with van der Waals surface area (Å²) in [7, 11) is -4.00. The van der Waals surface area contributed by atoms with Crippen molar-refractivity contribution in [2.45, 2.75) is 11.8 Å². The largest absolute Gasteiger partial charge is 0.461 e. The minimum absolute atomic E-state index is 0.140. The number of hydrogen-bond donors (Lipinski definition) is 0. The van der Waals surface area contributed by atoms with Crippen molar-refractivity contribution in [2.75, 3.05) is 6.61 Å². The van der Waals surface area contributed by atoms with Gasteiger partial charge in [-0.3, -0.25) is 4.28 Å². The van der Waals surface area contributed by atoms with Gasteiger partial charge in [0.05, 0.1) is 12.0 Å². The molecule has 0 saturated heterocycles. The lowest BCUT2D eigenvalue weighted by molar-refractivity contribution is -0.134. The van der Waals surface area contributed by atoms with Gasteiger partial charge in [0.25, 0.3) is 0 Å². The fourth-order valence-corrected chi connectivity index (χ4v) is 2.03. The standard InChI is InChI=1S/C12H13NO5S2/c1-3-17-12(14)11(13-18-20(15,16)4-2)19-10-8-6-5-7-9-10/h4-9H,2-3H2,1H3. The molecule has 0 aliphatic rings. The molecular weight excluding hydrogens is 302 g/mol. The first-order chi connectivity index (χ1) is 9.48. The first-order valence-electron chi connectivity index (χ1n) is 5.52. The molecule has 0 amide bonds. The minimum atomic E-state index is -4.00. The maximum Gasteiger partial charge on any atom is 0.367 e. The van der Waals surface area contributed by atoms with Crippen molar-refractivity contribution in [3.63, 3.8) is 0 Å². The van der Waals surface area contributed by atoms with Gasteiger partial charge in [-0.15, -0.1) is 0 Å². The Hall–Kier alpha value is -1.80. The summed E-state index contributed by atoms with van der Waals surface area (Å²) < 4.78 is 31.3. The summed E-state index contributed by atoms with van der Waals surface area (Å²) in [6, 6.07) is 8.83. The van der Waals surface area contributed by atoms with Crippen LogP contribution < -0.4 is 0 Å². The highest BCUT2D eigenvalue weighted by atomic mass is 32.2. The van der Waals surface area contributed by atoms with Gasteiger partial charge in [-0.2, -0.15) is 8.42 Å². The minimum Gasteiger partial charge on any atom is -0.461 e. The maximum absolute atomic E-state index is 11.7. The van der Waals surface area contributed by atoms with Crippen molar-refractivity contribution in [1.82, 2.24) is 0 Å². The first kappa shape index (κ1) is 16.3. The van der Waals surface area contributed by atoms with Crippen LogP contribution >= 0.6 is 11.8 Å². The van der Waals surface area contributed by atoms with E-state index in [1.165, 1.54) is 0 Å². The van der Waals surface area contributed by atoms with Gasteiger partial charge in [0, 0.05) is 4.90 Å². The van der Waals surface area contributed by atoms with Crippen LogP contribution in [-0.4, -0.2) is 26.0 Å². The van der Waals surface area contributed by atoms with E-state index in [2.05, 4.69) is 16.0 Å². The third-order valence-corrected chi connectivity index (χ3v) is 3.47. The molecule has 0 aliphatic heterocycles. The number of ether oxygens (including phenoxy) is 1. The predicted octanol–water partition coefficient (Wildman–Crippen LogP) is 2.15. The zero-order valence-corrected chi connectivity index (χ0v) is 12.3. The summed E-state index contributed by atoms with van der Waals surface area (Å²) in [5, 5.41) is 3.70. The van der Waals surface area contributed by atoms with Crippen molar-refractivity contribution in [2.24, 2.45) is 5.16 Å². The Morgan fingerprint density at radius 2 is 2.05 bits per heavy atom. The van der Waals surface area contributed by atoms with Gasteiger partial charge in [0.2, 0.25) is 5.04 Å². The fraction of sp³-hybridized carbons (Fsp3) is 0.167. The van der Waals surface area contributed by atoms with E-state index in [1.807, 2.05) is 6.07 Å². The normalized spacial score (nSPS) is 11.8. The molecule has 0 atom stereocenters. The lowest BCUT2D eigenvalue weighted by Crippen LogP contribution is -2.15. The first-order valence-corrected chi connectivity index (χ1v) is 7.81. The van der Waals surface area contributed by atoms with Gasteiger partial charge in [0.15, 0.2) is 0 Å². The zero-order valence-electron chi connectivity index (χ0n) is 10.7. The molecule has 6 nitrogen and oxygen atoms in total. The second-order valence-electron chi connectivity index (χ2n) is 3.27. The SMILES string of the molecule is C=CS(=O)(=O)ON=C(Sc1ccccc1)C(=O)OCC. The van der Waals surface area contributed by atoms with Crippen molar-refractivity contribution < 1.29 is 22.2 Å². The van der Waals surface area contributed by atoms with E-state index in [0.29, 0.717) is 10.3 Å². The molecule has 0 aromatic heterocycles. The quantitative estimate of drug-likeness (QED) is 0.272. The van der Waals surface area contributed by atoms with Crippen LogP contribution in [0.25, 0.3) is 0 Å². The Morgan fingerprint density at radius 1 is 1.40 bits per heavy atom. The molecule has 0 heterocycles. The number of thioether (sulfide) groups is 1. The Kier molecular flexibility index (Phi) is 6.26. The summed E-state index contributed by atoms with van der Waals surface area (Å²) in [6.07, 6.45) is 0. The van der Waals surface area contributed by atoms with Crippen molar-refractivity contribution in [1.29, 1.82) is 0 Å². The number of nitrogens with zero attached hydrogens (tertiary/aromatic N) is 1. The van der Waals surface area contributed by atoms with Crippen LogP contribution in [0.3, 0.4) is 0 Å². The summed E-state index contributed by atoms with van der Waals surface area (Å²) in [5.74, 6) is -0.763. The molecule has 0 radical (unpaired) electrons. The van der Waals surface area contributed by atoms with E-state index >= 15 is 0 Å². The Morgan fingerprint density at radius 3 is 2.60 bits per heavy atom. The molecular formula is C12H13NO5S2. The molecule has 0 N–H and O–H groups in total. The zero-order chi connectivity index (χ0) is 15.0. The lowest BCUT2D eigenvalue weighted by Gasteiger charge is -2.05. The highest BCUT2D eigenvalue weighted by Gasteiger charge is 2.17. The van der Waals surface area contributed by atoms with Crippen molar-refractivity contribution in [3.8, 4) is 0 Å². The topological polar surface area (TPSA) is 82.0 Å². The van der Waals surface area contributed by atoms with Crippen molar-refractivity contribution >= 4 is 32.9 Å². The number of carbonyl (C=O) groups excluding carboxylic acids is 1. The number of rotatable bonds is 5. The van der Waals surface area contributed by atoms with Gasteiger partial charge >= 0.3 is 16.1 Å². The lowest BCUT2D eigenvalue weighted by atomic mass is 10.4. The molecule has 1 aromatic carbocycles. The number of esters is 1. The molecule has 0 aliphatic carbocycles. The average Bonchev–Trinajstić information content (AvgIpc) is 2.44. The van der Waals surface area contributed by atoms with Crippen LogP contribution in [0.4, 0.5) is 0 Å². The predicted molar refractivity (Wildman–Crippen MR) is 76.6 cm³/mol. The van der Waals surface area contributed by atoms with Crippen LogP contribution in [0.1, 0.15) is 6.92 Å². The molecule has 1 aromatic rings. The third-order valence-electron chi connectivity index (χ3n) is 1.84. The second kappa shape index (κ2) is 7.71. The molecule has 0 bridgehead atoms. The van der Waals surface area contributed by atoms with Gasteiger partial charge in [-0.25, -0.2) is 4.79 Å². The van der Waals surface area contributed by atoms with Gasteiger partial charge in [0.1, 0.15) is 0 Å². The monoisotopic (exact) mass is 315 g/mol. The van der Waals surface area contributed by atoms with Gasteiger partial charge < -0.3 is 4.74 Å². The molecule has 8 heteroatoms. The van der Waals surface area contributed by atoms with Crippen LogP contribution in [0.2, 0.25) is 0 Å². The van der Waals surface area contributed by atoms with E-state index in [4.69, 9.17) is 4.74 Å². The molecule has 0 unspecified atom stereocenters. The Balaban J connectivity index is 2.94. The third kappa shape index (κ3) is 5.45. The maximum atomic E-state index is 11.7. The number of benzene rings is 1.